The lowest BCUT2D eigenvalue weighted by atomic mass is 10.1. The number of rotatable bonds is 7. The van der Waals surface area contributed by atoms with Crippen LogP contribution in [0.2, 0.25) is 0 Å². The topological polar surface area (TPSA) is 58.9 Å². The molecule has 0 radical (unpaired) electrons. The molecule has 1 aliphatic carbocycles. The van der Waals surface area contributed by atoms with E-state index in [-0.39, 0.29) is 18.3 Å². The van der Waals surface area contributed by atoms with E-state index in [2.05, 4.69) is 22.7 Å². The average molecular weight is 287 g/mol. The van der Waals surface area contributed by atoms with Gasteiger partial charge in [-0.2, -0.15) is 5.10 Å². The van der Waals surface area contributed by atoms with Gasteiger partial charge in [-0.3, -0.25) is 9.48 Å². The summed E-state index contributed by atoms with van der Waals surface area (Å²) in [4.78, 5) is 12.1. The Labute approximate surface area is 120 Å². The molecule has 6 heteroatoms. The minimum atomic E-state index is 0. The molecular formula is C13H23ClN4O. The van der Waals surface area contributed by atoms with Crippen LogP contribution in [0, 0.1) is 0 Å². The van der Waals surface area contributed by atoms with Gasteiger partial charge < -0.3 is 10.6 Å². The molecule has 1 fully saturated rings. The number of hydrogen-bond donors (Lipinski definition) is 2. The third-order valence-electron chi connectivity index (χ3n) is 3.21. The van der Waals surface area contributed by atoms with Gasteiger partial charge in [0.05, 0.1) is 17.5 Å². The SMILES string of the molecule is CCCNCCNC(=O)c1cnn(C)c1C1CC1.Cl. The zero-order chi connectivity index (χ0) is 13.0. The van der Waals surface area contributed by atoms with E-state index < -0.39 is 0 Å². The molecule has 0 unspecified atom stereocenters. The molecule has 1 aromatic heterocycles. The Kier molecular flexibility index (Phi) is 6.31. The van der Waals surface area contributed by atoms with Gasteiger partial charge >= 0.3 is 0 Å². The summed E-state index contributed by atoms with van der Waals surface area (Å²) < 4.78 is 1.84. The lowest BCUT2D eigenvalue weighted by molar-refractivity contribution is 0.0953. The van der Waals surface area contributed by atoms with Crippen molar-refractivity contribution in [1.82, 2.24) is 20.4 Å². The van der Waals surface area contributed by atoms with Crippen LogP contribution in [0.5, 0.6) is 0 Å². The molecule has 0 aliphatic heterocycles. The van der Waals surface area contributed by atoms with E-state index >= 15 is 0 Å². The fourth-order valence-corrected chi connectivity index (χ4v) is 2.12. The fraction of sp³-hybridized carbons (Fsp3) is 0.692. The van der Waals surface area contributed by atoms with E-state index in [0.717, 1.165) is 30.8 Å². The van der Waals surface area contributed by atoms with Crippen LogP contribution in [0.15, 0.2) is 6.20 Å². The van der Waals surface area contributed by atoms with Crippen LogP contribution in [-0.4, -0.2) is 35.3 Å². The smallest absolute Gasteiger partial charge is 0.254 e. The highest BCUT2D eigenvalue weighted by atomic mass is 35.5. The summed E-state index contributed by atoms with van der Waals surface area (Å²) in [5.74, 6) is 0.541. The van der Waals surface area contributed by atoms with E-state index in [1.807, 2.05) is 11.7 Å². The molecule has 1 saturated carbocycles. The molecule has 0 aromatic carbocycles. The van der Waals surface area contributed by atoms with Crippen molar-refractivity contribution < 1.29 is 4.79 Å². The van der Waals surface area contributed by atoms with Gasteiger partial charge in [-0.25, -0.2) is 0 Å². The Hall–Kier alpha value is -1.07. The number of nitrogens with one attached hydrogen (secondary N) is 2. The first-order valence-electron chi connectivity index (χ1n) is 6.74. The van der Waals surface area contributed by atoms with Crippen LogP contribution >= 0.6 is 12.4 Å². The van der Waals surface area contributed by atoms with Gasteiger partial charge in [-0.05, 0) is 25.8 Å². The molecule has 5 nitrogen and oxygen atoms in total. The van der Waals surface area contributed by atoms with Crippen LogP contribution in [-0.2, 0) is 7.05 Å². The van der Waals surface area contributed by atoms with Crippen molar-refractivity contribution in [3.05, 3.63) is 17.5 Å². The van der Waals surface area contributed by atoms with E-state index in [0.29, 0.717) is 12.5 Å². The largest absolute Gasteiger partial charge is 0.351 e. The van der Waals surface area contributed by atoms with Crippen molar-refractivity contribution in [2.24, 2.45) is 7.05 Å². The summed E-state index contributed by atoms with van der Waals surface area (Å²) in [6.07, 6.45) is 5.15. The van der Waals surface area contributed by atoms with Gasteiger partial charge in [0.15, 0.2) is 0 Å². The molecule has 108 valence electrons. The summed E-state index contributed by atoms with van der Waals surface area (Å²) in [5, 5.41) is 10.4. The normalized spacial score (nSPS) is 14.0. The maximum Gasteiger partial charge on any atom is 0.254 e. The third-order valence-corrected chi connectivity index (χ3v) is 3.21. The molecule has 2 N–H and O–H groups in total. The highest BCUT2D eigenvalue weighted by Crippen LogP contribution is 2.41. The van der Waals surface area contributed by atoms with Gasteiger partial charge in [0.2, 0.25) is 0 Å². The van der Waals surface area contributed by atoms with E-state index in [1.165, 1.54) is 12.8 Å². The Bertz CT molecular complexity index is 415. The predicted octanol–water partition coefficient (Wildman–Crippen LogP) is 1.45. The second-order valence-electron chi connectivity index (χ2n) is 4.85. The molecule has 2 rings (SSSR count). The number of aromatic nitrogens is 2. The highest BCUT2D eigenvalue weighted by molar-refractivity contribution is 5.95. The van der Waals surface area contributed by atoms with Crippen LogP contribution in [0.3, 0.4) is 0 Å². The molecular weight excluding hydrogens is 264 g/mol. The average Bonchev–Trinajstić information content (AvgIpc) is 3.12. The summed E-state index contributed by atoms with van der Waals surface area (Å²) in [6, 6.07) is 0. The Morgan fingerprint density at radius 2 is 2.16 bits per heavy atom. The number of halogens is 1. The van der Waals surface area contributed by atoms with Crippen molar-refractivity contribution in [3.8, 4) is 0 Å². The third kappa shape index (κ3) is 4.21. The minimum Gasteiger partial charge on any atom is -0.351 e. The molecule has 0 spiro atoms. The van der Waals surface area contributed by atoms with Crippen LogP contribution in [0.1, 0.15) is 48.2 Å². The summed E-state index contributed by atoms with van der Waals surface area (Å²) >= 11 is 0. The second kappa shape index (κ2) is 7.50. The zero-order valence-electron chi connectivity index (χ0n) is 11.6. The quantitative estimate of drug-likeness (QED) is 0.746. The van der Waals surface area contributed by atoms with Gasteiger partial charge in [0.1, 0.15) is 0 Å². The first-order chi connectivity index (χ1) is 8.74. The monoisotopic (exact) mass is 286 g/mol. The molecule has 0 bridgehead atoms. The molecule has 1 heterocycles. The molecule has 1 amide bonds. The lowest BCUT2D eigenvalue weighted by Crippen LogP contribution is -2.32. The van der Waals surface area contributed by atoms with Gasteiger partial charge in [-0.1, -0.05) is 6.92 Å². The van der Waals surface area contributed by atoms with E-state index in [1.54, 1.807) is 6.20 Å². The van der Waals surface area contributed by atoms with Gasteiger partial charge in [0, 0.05) is 26.1 Å². The summed E-state index contributed by atoms with van der Waals surface area (Å²) in [6.45, 7) is 4.61. The minimum absolute atomic E-state index is 0. The summed E-state index contributed by atoms with van der Waals surface area (Å²) in [5.41, 5.74) is 1.84. The molecule has 0 saturated heterocycles. The van der Waals surface area contributed by atoms with Crippen LogP contribution < -0.4 is 10.6 Å². The zero-order valence-corrected chi connectivity index (χ0v) is 12.4. The van der Waals surface area contributed by atoms with Crippen LogP contribution in [0.4, 0.5) is 0 Å². The number of carbonyl (C=O) groups is 1. The van der Waals surface area contributed by atoms with Crippen molar-refractivity contribution >= 4 is 18.3 Å². The lowest BCUT2D eigenvalue weighted by Gasteiger charge is -2.07. The number of hydrogen-bond acceptors (Lipinski definition) is 3. The van der Waals surface area contributed by atoms with Gasteiger partial charge in [-0.15, -0.1) is 12.4 Å². The Balaban J connectivity index is 0.00000180. The number of carbonyl (C=O) groups excluding carboxylic acids is 1. The number of amides is 1. The Morgan fingerprint density at radius 3 is 2.79 bits per heavy atom. The maximum atomic E-state index is 12.1. The number of aryl methyl sites for hydroxylation is 1. The van der Waals surface area contributed by atoms with Crippen molar-refractivity contribution in [3.63, 3.8) is 0 Å². The standard InChI is InChI=1S/C13H22N4O.ClH/c1-3-6-14-7-8-15-13(18)11-9-16-17(2)12(11)10-4-5-10;/h9-10,14H,3-8H2,1-2H3,(H,15,18);1H. The van der Waals surface area contributed by atoms with Gasteiger partial charge in [0.25, 0.3) is 5.91 Å². The molecule has 19 heavy (non-hydrogen) atoms. The molecule has 0 atom stereocenters. The van der Waals surface area contributed by atoms with Crippen molar-refractivity contribution in [1.29, 1.82) is 0 Å². The fourth-order valence-electron chi connectivity index (χ4n) is 2.12. The highest BCUT2D eigenvalue weighted by Gasteiger charge is 2.31. The Morgan fingerprint density at radius 1 is 1.42 bits per heavy atom. The molecule has 1 aliphatic rings. The van der Waals surface area contributed by atoms with Crippen molar-refractivity contribution in [2.75, 3.05) is 19.6 Å². The first kappa shape index (κ1) is 16.0. The summed E-state index contributed by atoms with van der Waals surface area (Å²) in [7, 11) is 1.91. The second-order valence-corrected chi connectivity index (χ2v) is 4.85. The van der Waals surface area contributed by atoms with E-state index in [4.69, 9.17) is 0 Å². The maximum absolute atomic E-state index is 12.1. The predicted molar refractivity (Wildman–Crippen MR) is 77.9 cm³/mol. The van der Waals surface area contributed by atoms with Crippen molar-refractivity contribution in [2.45, 2.75) is 32.1 Å². The van der Waals surface area contributed by atoms with E-state index in [9.17, 15) is 4.79 Å². The van der Waals surface area contributed by atoms with Crippen LogP contribution in [0.25, 0.3) is 0 Å². The number of nitrogens with zero attached hydrogens (tertiary/aromatic N) is 2. The first-order valence-corrected chi connectivity index (χ1v) is 6.74. The molecule has 1 aromatic rings.